The molecule has 1 radical (unpaired) electrons. The maximum Gasteiger partial charge on any atom is 0.336 e. The molecule has 0 unspecified atom stereocenters. The summed E-state index contributed by atoms with van der Waals surface area (Å²) in [5.41, 5.74) is -5.48. The fourth-order valence-corrected chi connectivity index (χ4v) is 1.43. The molecule has 0 spiro atoms. The molecular formula is C12H16CuMoO14. The second-order valence-corrected chi connectivity index (χ2v) is 4.96. The van der Waals surface area contributed by atoms with Crippen molar-refractivity contribution in [2.24, 2.45) is 0 Å². The summed E-state index contributed by atoms with van der Waals surface area (Å²) in [6.07, 6.45) is -4.58. The molecule has 0 bridgehead atoms. The van der Waals surface area contributed by atoms with E-state index in [1.165, 1.54) is 0 Å². The Balaban J connectivity index is -0.000000192. The summed E-state index contributed by atoms with van der Waals surface area (Å²) in [4.78, 5) is 61.0. The average Bonchev–Trinajstić information content (AvgIpc) is 2.34. The molecule has 0 fully saturated rings. The topological polar surface area (TPSA) is 264 Å². The molecule has 8 N–H and O–H groups in total. The van der Waals surface area contributed by atoms with Crippen molar-refractivity contribution in [3.05, 3.63) is 0 Å². The molecule has 0 heterocycles. The first-order valence-corrected chi connectivity index (χ1v) is 6.34. The van der Waals surface area contributed by atoms with Crippen molar-refractivity contribution < 1.29 is 108 Å². The van der Waals surface area contributed by atoms with E-state index in [9.17, 15) is 28.8 Å². The molecule has 0 rings (SSSR count). The van der Waals surface area contributed by atoms with Crippen LogP contribution in [0.2, 0.25) is 0 Å². The van der Waals surface area contributed by atoms with Crippen LogP contribution >= 0.6 is 0 Å². The van der Waals surface area contributed by atoms with Gasteiger partial charge in [0, 0.05) is 38.1 Å². The van der Waals surface area contributed by atoms with Gasteiger partial charge in [0.05, 0.1) is 25.7 Å². The number of carbonyl (C=O) groups is 6. The van der Waals surface area contributed by atoms with Crippen LogP contribution in [0.4, 0.5) is 0 Å². The van der Waals surface area contributed by atoms with E-state index in [1.807, 2.05) is 0 Å². The van der Waals surface area contributed by atoms with Crippen LogP contribution in [0, 0.1) is 0 Å². The van der Waals surface area contributed by atoms with Crippen molar-refractivity contribution in [1.82, 2.24) is 0 Å². The smallest absolute Gasteiger partial charge is 0.336 e. The second-order valence-electron chi connectivity index (χ2n) is 4.96. The average molecular weight is 544 g/mol. The van der Waals surface area contributed by atoms with Crippen molar-refractivity contribution in [3.63, 3.8) is 0 Å². The Morgan fingerprint density at radius 1 is 0.500 bits per heavy atom. The van der Waals surface area contributed by atoms with Gasteiger partial charge in [-0.1, -0.05) is 0 Å². The van der Waals surface area contributed by atoms with Gasteiger partial charge in [-0.2, -0.15) is 0 Å². The molecule has 0 aliphatic carbocycles. The van der Waals surface area contributed by atoms with Gasteiger partial charge in [0.15, 0.2) is 11.2 Å². The number of hydrogen-bond donors (Lipinski definition) is 8. The molecule has 0 aliphatic heterocycles. The van der Waals surface area contributed by atoms with Crippen molar-refractivity contribution in [2.75, 3.05) is 0 Å². The first-order chi connectivity index (χ1) is 11.6. The van der Waals surface area contributed by atoms with Crippen LogP contribution in [-0.4, -0.2) is 87.9 Å². The second kappa shape index (κ2) is 14.0. The number of hydrogen-bond acceptors (Lipinski definition) is 8. The third-order valence-corrected chi connectivity index (χ3v) is 2.57. The summed E-state index contributed by atoms with van der Waals surface area (Å²) in [5, 5.41) is 67.6. The SMILES string of the molecule is O=C(O)CC(O)(CC(=O)O)C(=O)O.O=C(O)CC(O)(CC(=O)O)C(=O)O.[Cu].[Mo]. The quantitative estimate of drug-likeness (QED) is 0.132. The summed E-state index contributed by atoms with van der Waals surface area (Å²) in [5.74, 6) is -10.0. The Morgan fingerprint density at radius 2 is 0.643 bits per heavy atom. The Bertz CT molecular complexity index is 519. The first-order valence-electron chi connectivity index (χ1n) is 6.34. The number of carboxylic acids is 6. The van der Waals surface area contributed by atoms with E-state index in [1.54, 1.807) is 0 Å². The van der Waals surface area contributed by atoms with Crippen LogP contribution in [-0.2, 0) is 66.9 Å². The van der Waals surface area contributed by atoms with Crippen molar-refractivity contribution in [3.8, 4) is 0 Å². The third-order valence-electron chi connectivity index (χ3n) is 2.57. The molecule has 0 atom stereocenters. The van der Waals surface area contributed by atoms with Crippen LogP contribution in [0.3, 0.4) is 0 Å². The van der Waals surface area contributed by atoms with Crippen molar-refractivity contribution in [1.29, 1.82) is 0 Å². The van der Waals surface area contributed by atoms with Gasteiger partial charge in [-0.25, -0.2) is 9.59 Å². The Labute approximate surface area is 180 Å². The zero-order chi connectivity index (χ0) is 21.3. The molecule has 165 valence electrons. The normalized spacial score (nSPS) is 10.1. The summed E-state index contributed by atoms with van der Waals surface area (Å²) in [6, 6.07) is 0. The molecular weight excluding hydrogens is 528 g/mol. The van der Waals surface area contributed by atoms with Crippen molar-refractivity contribution in [2.45, 2.75) is 36.9 Å². The van der Waals surface area contributed by atoms with E-state index in [0.717, 1.165) is 0 Å². The van der Waals surface area contributed by atoms with E-state index in [4.69, 9.17) is 40.9 Å². The molecule has 16 heteroatoms. The Hall–Kier alpha value is -2.05. The fraction of sp³-hybridized carbons (Fsp3) is 0.500. The standard InChI is InChI=1S/2C6H8O7.Cu.Mo/c2*7-3(8)1-6(13,5(11)12)2-4(9)10;;/h2*13H,1-2H2,(H,7,8)(H,9,10)(H,11,12);;. The molecule has 0 saturated heterocycles. The van der Waals surface area contributed by atoms with Gasteiger partial charge in [0.25, 0.3) is 0 Å². The Morgan fingerprint density at radius 3 is 0.714 bits per heavy atom. The van der Waals surface area contributed by atoms with Gasteiger partial charge in [0.2, 0.25) is 0 Å². The monoisotopic (exact) mass is 545 g/mol. The predicted octanol–water partition coefficient (Wildman–Crippen LogP) is -2.50. The zero-order valence-corrected chi connectivity index (χ0v) is 16.5. The van der Waals surface area contributed by atoms with Crippen LogP contribution in [0.15, 0.2) is 0 Å². The number of carboxylic acid groups (broad SMARTS) is 6. The van der Waals surface area contributed by atoms with E-state index < -0.39 is 72.7 Å². The summed E-state index contributed by atoms with van der Waals surface area (Å²) >= 11 is 0. The zero-order valence-electron chi connectivity index (χ0n) is 13.6. The fourth-order valence-electron chi connectivity index (χ4n) is 1.43. The molecule has 0 aliphatic rings. The number of aliphatic carboxylic acids is 6. The largest absolute Gasteiger partial charge is 0.481 e. The molecule has 0 saturated carbocycles. The molecule has 14 nitrogen and oxygen atoms in total. The Kier molecular flexibility index (Phi) is 16.8. The van der Waals surface area contributed by atoms with Gasteiger partial charge < -0.3 is 40.9 Å². The van der Waals surface area contributed by atoms with E-state index in [2.05, 4.69) is 0 Å². The first kappa shape index (κ1) is 33.5. The van der Waals surface area contributed by atoms with E-state index in [0.29, 0.717) is 0 Å². The summed E-state index contributed by atoms with van der Waals surface area (Å²) < 4.78 is 0. The molecule has 0 amide bonds. The minimum atomic E-state index is -2.74. The van der Waals surface area contributed by atoms with Crippen LogP contribution in [0.25, 0.3) is 0 Å². The van der Waals surface area contributed by atoms with Crippen molar-refractivity contribution >= 4 is 35.8 Å². The molecule has 28 heavy (non-hydrogen) atoms. The van der Waals surface area contributed by atoms with Crippen LogP contribution in [0.5, 0.6) is 0 Å². The third kappa shape index (κ3) is 14.1. The maximum absolute atomic E-state index is 10.3. The molecule has 0 aromatic heterocycles. The molecule has 0 aromatic rings. The van der Waals surface area contributed by atoms with Gasteiger partial charge in [0.1, 0.15) is 0 Å². The van der Waals surface area contributed by atoms with Crippen LogP contribution in [0.1, 0.15) is 25.7 Å². The minimum absolute atomic E-state index is 0. The minimum Gasteiger partial charge on any atom is -0.481 e. The number of rotatable bonds is 10. The van der Waals surface area contributed by atoms with Gasteiger partial charge >= 0.3 is 35.8 Å². The van der Waals surface area contributed by atoms with Crippen LogP contribution < -0.4 is 0 Å². The predicted molar refractivity (Wildman–Crippen MR) is 74.2 cm³/mol. The van der Waals surface area contributed by atoms with E-state index >= 15 is 0 Å². The summed E-state index contributed by atoms with van der Waals surface area (Å²) in [7, 11) is 0. The van der Waals surface area contributed by atoms with Gasteiger partial charge in [-0.15, -0.1) is 0 Å². The number of aliphatic hydroxyl groups is 2. The van der Waals surface area contributed by atoms with E-state index in [-0.39, 0.29) is 38.1 Å². The summed E-state index contributed by atoms with van der Waals surface area (Å²) in [6.45, 7) is 0. The van der Waals surface area contributed by atoms with Gasteiger partial charge in [-0.3, -0.25) is 19.2 Å². The van der Waals surface area contributed by atoms with Gasteiger partial charge in [-0.05, 0) is 0 Å². The maximum atomic E-state index is 10.3. The molecule has 0 aromatic carbocycles.